The number of nitriles is 1. The third-order valence-electron chi connectivity index (χ3n) is 4.10. The van der Waals surface area contributed by atoms with Crippen LogP contribution in [-0.4, -0.2) is 52.7 Å². The van der Waals surface area contributed by atoms with Crippen molar-refractivity contribution in [3.05, 3.63) is 35.7 Å². The van der Waals surface area contributed by atoms with E-state index in [4.69, 9.17) is 8.83 Å². The maximum absolute atomic E-state index is 12.4. The number of aromatic nitrogens is 2. The lowest BCUT2D eigenvalue weighted by atomic mass is 10.3. The van der Waals surface area contributed by atoms with Crippen LogP contribution in [0.5, 0.6) is 0 Å². The second-order valence-electron chi connectivity index (χ2n) is 5.72. The number of rotatable bonds is 5. The summed E-state index contributed by atoms with van der Waals surface area (Å²) in [5.74, 6) is 1.65. The van der Waals surface area contributed by atoms with E-state index in [-0.39, 0.29) is 17.5 Å². The van der Waals surface area contributed by atoms with Crippen LogP contribution in [0.3, 0.4) is 0 Å². The minimum atomic E-state index is 0.0872. The second kappa shape index (κ2) is 7.85. The van der Waals surface area contributed by atoms with Crippen molar-refractivity contribution in [2.24, 2.45) is 0 Å². The van der Waals surface area contributed by atoms with Crippen LogP contribution in [0.1, 0.15) is 5.69 Å². The van der Waals surface area contributed by atoms with E-state index in [1.807, 2.05) is 15.2 Å². The summed E-state index contributed by atoms with van der Waals surface area (Å²) < 4.78 is 11.9. The molecule has 1 saturated heterocycles. The Morgan fingerprint density at radius 2 is 2.22 bits per heavy atom. The van der Waals surface area contributed by atoms with Gasteiger partial charge in [-0.1, -0.05) is 11.8 Å². The van der Waals surface area contributed by atoms with E-state index in [9.17, 15) is 10.1 Å². The topological polar surface area (TPSA) is 99.4 Å². The molecule has 0 saturated carbocycles. The fourth-order valence-electron chi connectivity index (χ4n) is 2.76. The molecular formula is C17H15N5O3S2. The number of carbonyl (C=O) groups excluding carboxylic acids is 1. The zero-order valence-electron chi connectivity index (χ0n) is 14.2. The first-order valence-electron chi connectivity index (χ1n) is 8.24. The lowest BCUT2D eigenvalue weighted by Gasteiger charge is -2.34. The third kappa shape index (κ3) is 3.84. The average molecular weight is 401 g/mol. The number of thiazole rings is 1. The number of nitrogens with zero attached hydrogens (tertiary/aromatic N) is 5. The van der Waals surface area contributed by atoms with Gasteiger partial charge in [-0.2, -0.15) is 10.2 Å². The van der Waals surface area contributed by atoms with Crippen LogP contribution in [0.4, 0.5) is 5.88 Å². The summed E-state index contributed by atoms with van der Waals surface area (Å²) in [4.78, 5) is 24.5. The van der Waals surface area contributed by atoms with Gasteiger partial charge >= 0.3 is 0 Å². The van der Waals surface area contributed by atoms with E-state index in [0.717, 1.165) is 4.34 Å². The van der Waals surface area contributed by atoms with Crippen LogP contribution in [0.2, 0.25) is 0 Å². The number of oxazole rings is 1. The molecule has 0 N–H and O–H groups in total. The van der Waals surface area contributed by atoms with E-state index in [1.54, 1.807) is 18.3 Å². The summed E-state index contributed by atoms with van der Waals surface area (Å²) in [7, 11) is 0. The van der Waals surface area contributed by atoms with Gasteiger partial charge in [0.25, 0.3) is 5.89 Å². The van der Waals surface area contributed by atoms with Crippen LogP contribution in [-0.2, 0) is 4.79 Å². The summed E-state index contributed by atoms with van der Waals surface area (Å²) in [5.41, 5.74) is 0.223. The molecule has 138 valence electrons. The van der Waals surface area contributed by atoms with E-state index >= 15 is 0 Å². The van der Waals surface area contributed by atoms with Crippen LogP contribution in [0.15, 0.2) is 43.1 Å². The van der Waals surface area contributed by atoms with Crippen LogP contribution >= 0.6 is 23.1 Å². The first kappa shape index (κ1) is 17.6. The molecule has 1 amide bonds. The van der Waals surface area contributed by atoms with Crippen molar-refractivity contribution in [3.8, 4) is 17.7 Å². The molecule has 0 aliphatic carbocycles. The SMILES string of the molecule is N#Cc1nc(-c2ccco2)oc1N1CCN(C(=O)CSc2nccs2)CC1. The summed E-state index contributed by atoms with van der Waals surface area (Å²) in [6.07, 6.45) is 3.26. The second-order valence-corrected chi connectivity index (χ2v) is 7.83. The maximum Gasteiger partial charge on any atom is 0.266 e. The molecule has 0 aromatic carbocycles. The zero-order valence-corrected chi connectivity index (χ0v) is 15.8. The van der Waals surface area contributed by atoms with E-state index in [0.29, 0.717) is 43.6 Å². The van der Waals surface area contributed by atoms with Crippen LogP contribution < -0.4 is 4.90 Å². The highest BCUT2D eigenvalue weighted by molar-refractivity contribution is 8.01. The summed E-state index contributed by atoms with van der Waals surface area (Å²) in [6, 6.07) is 5.53. The van der Waals surface area contributed by atoms with Crippen molar-refractivity contribution in [2.45, 2.75) is 4.34 Å². The van der Waals surface area contributed by atoms with Gasteiger partial charge in [-0.05, 0) is 12.1 Å². The Morgan fingerprint density at radius 1 is 1.37 bits per heavy atom. The van der Waals surface area contributed by atoms with E-state index in [2.05, 4.69) is 16.0 Å². The predicted octanol–water partition coefficient (Wildman–Crippen LogP) is 2.70. The maximum atomic E-state index is 12.4. The van der Waals surface area contributed by atoms with Crippen molar-refractivity contribution in [1.82, 2.24) is 14.9 Å². The van der Waals surface area contributed by atoms with Gasteiger partial charge in [-0.3, -0.25) is 4.79 Å². The Morgan fingerprint density at radius 3 is 2.89 bits per heavy atom. The molecule has 10 heteroatoms. The standard InChI is InChI=1S/C17H15N5O3S2/c18-10-12-16(25-15(20-12)13-2-1-8-24-13)22-6-4-21(5-7-22)14(23)11-27-17-19-3-9-26-17/h1-3,8-9H,4-7,11H2. The number of furan rings is 1. The van der Waals surface area contributed by atoms with Crippen molar-refractivity contribution in [2.75, 3.05) is 36.8 Å². The molecule has 1 fully saturated rings. The third-order valence-corrected chi connectivity index (χ3v) is 6.05. The molecule has 4 heterocycles. The summed E-state index contributed by atoms with van der Waals surface area (Å²) in [5, 5.41) is 11.3. The van der Waals surface area contributed by atoms with Gasteiger partial charge in [0, 0.05) is 37.8 Å². The van der Waals surface area contributed by atoms with Crippen molar-refractivity contribution < 1.29 is 13.6 Å². The Hall–Kier alpha value is -2.77. The van der Waals surface area contributed by atoms with Crippen molar-refractivity contribution in [1.29, 1.82) is 5.26 Å². The minimum absolute atomic E-state index is 0.0872. The van der Waals surface area contributed by atoms with E-state index < -0.39 is 0 Å². The molecule has 8 nitrogen and oxygen atoms in total. The highest BCUT2D eigenvalue weighted by Crippen LogP contribution is 2.29. The molecule has 1 aliphatic rings. The number of amides is 1. The Bertz CT molecular complexity index is 938. The first-order valence-corrected chi connectivity index (χ1v) is 10.1. The Kier molecular flexibility index (Phi) is 5.13. The Balaban J connectivity index is 1.38. The monoisotopic (exact) mass is 401 g/mol. The van der Waals surface area contributed by atoms with Crippen LogP contribution in [0.25, 0.3) is 11.7 Å². The molecular weight excluding hydrogens is 386 g/mol. The van der Waals surface area contributed by atoms with Gasteiger partial charge in [0.05, 0.1) is 12.0 Å². The molecule has 0 radical (unpaired) electrons. The van der Waals surface area contributed by atoms with E-state index in [1.165, 1.54) is 29.4 Å². The predicted molar refractivity (Wildman–Crippen MR) is 101 cm³/mol. The summed E-state index contributed by atoms with van der Waals surface area (Å²) in [6.45, 7) is 2.29. The molecule has 27 heavy (non-hydrogen) atoms. The fraction of sp³-hybridized carbons (Fsp3) is 0.294. The quantitative estimate of drug-likeness (QED) is 0.602. The number of hydrogen-bond donors (Lipinski definition) is 0. The average Bonchev–Trinajstić information content (AvgIpc) is 3.47. The van der Waals surface area contributed by atoms with Crippen molar-refractivity contribution in [3.63, 3.8) is 0 Å². The van der Waals surface area contributed by atoms with Gasteiger partial charge in [-0.25, -0.2) is 4.98 Å². The number of thioether (sulfide) groups is 1. The molecule has 0 spiro atoms. The fourth-order valence-corrected chi connectivity index (χ4v) is 4.30. The first-order chi connectivity index (χ1) is 13.2. The normalized spacial score (nSPS) is 14.3. The minimum Gasteiger partial charge on any atom is -0.459 e. The number of carbonyl (C=O) groups is 1. The van der Waals surface area contributed by atoms with Gasteiger partial charge in [0.1, 0.15) is 10.4 Å². The van der Waals surface area contributed by atoms with Gasteiger partial charge in [0.2, 0.25) is 17.5 Å². The Labute approximate surface area is 163 Å². The number of piperazine rings is 1. The highest BCUT2D eigenvalue weighted by Gasteiger charge is 2.27. The summed E-state index contributed by atoms with van der Waals surface area (Å²) >= 11 is 2.98. The lowest BCUT2D eigenvalue weighted by Crippen LogP contribution is -2.49. The smallest absolute Gasteiger partial charge is 0.266 e. The molecule has 4 rings (SSSR count). The lowest BCUT2D eigenvalue weighted by molar-refractivity contribution is -0.128. The molecule has 0 bridgehead atoms. The van der Waals surface area contributed by atoms with Crippen LogP contribution in [0, 0.1) is 11.3 Å². The van der Waals surface area contributed by atoms with Gasteiger partial charge < -0.3 is 18.6 Å². The van der Waals surface area contributed by atoms with Crippen molar-refractivity contribution >= 4 is 34.9 Å². The largest absolute Gasteiger partial charge is 0.459 e. The molecule has 0 unspecified atom stereocenters. The highest BCUT2D eigenvalue weighted by atomic mass is 32.2. The molecule has 1 aliphatic heterocycles. The molecule has 3 aromatic rings. The number of anilines is 1. The van der Waals surface area contributed by atoms with Gasteiger partial charge in [-0.15, -0.1) is 11.3 Å². The van der Waals surface area contributed by atoms with Gasteiger partial charge in [0.15, 0.2) is 5.76 Å². The molecule has 0 atom stereocenters. The molecule has 3 aromatic heterocycles. The zero-order chi connectivity index (χ0) is 18.6. The number of hydrogen-bond acceptors (Lipinski definition) is 9.